The Labute approximate surface area is 155 Å². The first-order valence-corrected chi connectivity index (χ1v) is 10.1. The van der Waals surface area contributed by atoms with E-state index in [1.807, 2.05) is 0 Å². The van der Waals surface area contributed by atoms with Crippen molar-refractivity contribution < 1.29 is 19.5 Å². The standard InChI is InChI=1S/C18H23N3O4S/c22-15(10-6-7-10)21-17-13(16(23)19-8-9-4-5-9)11-2-1-3-12(14(11)26-17)20-18(24)25/h9-10,12,20H,1-8H2,(H,19,23)(H,21,22)(H,24,25). The van der Waals surface area contributed by atoms with E-state index in [9.17, 15) is 14.4 Å². The molecule has 1 unspecified atom stereocenters. The predicted octanol–water partition coefficient (Wildman–Crippen LogP) is 2.88. The molecule has 26 heavy (non-hydrogen) atoms. The molecule has 7 nitrogen and oxygen atoms in total. The minimum absolute atomic E-state index is 0.0393. The molecule has 4 N–H and O–H groups in total. The van der Waals surface area contributed by atoms with Crippen molar-refractivity contribution in [1.29, 1.82) is 0 Å². The fraction of sp³-hybridized carbons (Fsp3) is 0.611. The molecule has 0 spiro atoms. The fourth-order valence-corrected chi connectivity index (χ4v) is 4.78. The van der Waals surface area contributed by atoms with Gasteiger partial charge in [0, 0.05) is 17.3 Å². The summed E-state index contributed by atoms with van der Waals surface area (Å²) in [6.07, 6.45) is 5.27. The van der Waals surface area contributed by atoms with Crippen LogP contribution in [0.2, 0.25) is 0 Å². The van der Waals surface area contributed by atoms with Crippen LogP contribution in [0, 0.1) is 11.8 Å². The normalized spacial score (nSPS) is 21.6. The lowest BCUT2D eigenvalue weighted by Crippen LogP contribution is -2.30. The zero-order chi connectivity index (χ0) is 18.3. The minimum atomic E-state index is -1.07. The number of hydrogen-bond acceptors (Lipinski definition) is 4. The van der Waals surface area contributed by atoms with Crippen LogP contribution >= 0.6 is 11.3 Å². The number of rotatable bonds is 6. The molecular weight excluding hydrogens is 354 g/mol. The summed E-state index contributed by atoms with van der Waals surface area (Å²) in [4.78, 5) is 37.1. The van der Waals surface area contributed by atoms with Crippen molar-refractivity contribution in [2.24, 2.45) is 11.8 Å². The highest BCUT2D eigenvalue weighted by Crippen LogP contribution is 2.43. The van der Waals surface area contributed by atoms with Gasteiger partial charge >= 0.3 is 6.09 Å². The van der Waals surface area contributed by atoms with Crippen LogP contribution in [0.1, 0.15) is 65.4 Å². The molecule has 0 saturated heterocycles. The summed E-state index contributed by atoms with van der Waals surface area (Å²) < 4.78 is 0. The van der Waals surface area contributed by atoms with Gasteiger partial charge in [-0.1, -0.05) is 0 Å². The van der Waals surface area contributed by atoms with Crippen LogP contribution in [0.15, 0.2) is 0 Å². The first kappa shape index (κ1) is 17.3. The summed E-state index contributed by atoms with van der Waals surface area (Å²) in [6.45, 7) is 0.663. The Kier molecular flexibility index (Phi) is 4.60. The molecule has 1 aromatic rings. The zero-order valence-electron chi connectivity index (χ0n) is 14.5. The van der Waals surface area contributed by atoms with Crippen molar-refractivity contribution in [1.82, 2.24) is 10.6 Å². The highest BCUT2D eigenvalue weighted by molar-refractivity contribution is 7.17. The molecule has 2 saturated carbocycles. The minimum Gasteiger partial charge on any atom is -0.465 e. The van der Waals surface area contributed by atoms with E-state index in [1.54, 1.807) is 0 Å². The molecule has 0 radical (unpaired) electrons. The number of fused-ring (bicyclic) bond motifs is 1. The van der Waals surface area contributed by atoms with Crippen molar-refractivity contribution in [3.63, 3.8) is 0 Å². The molecule has 4 rings (SSSR count). The van der Waals surface area contributed by atoms with Gasteiger partial charge in [-0.25, -0.2) is 4.79 Å². The van der Waals surface area contributed by atoms with Crippen LogP contribution in [0.3, 0.4) is 0 Å². The first-order chi connectivity index (χ1) is 12.5. The van der Waals surface area contributed by atoms with Crippen LogP contribution < -0.4 is 16.0 Å². The van der Waals surface area contributed by atoms with Crippen LogP contribution in [-0.4, -0.2) is 29.6 Å². The van der Waals surface area contributed by atoms with Gasteiger partial charge < -0.3 is 21.1 Å². The Bertz CT molecular complexity index is 752. The summed E-state index contributed by atoms with van der Waals surface area (Å²) in [7, 11) is 0. The molecule has 1 atom stereocenters. The lowest BCUT2D eigenvalue weighted by molar-refractivity contribution is -0.117. The van der Waals surface area contributed by atoms with Crippen LogP contribution in [0.25, 0.3) is 0 Å². The molecule has 0 bridgehead atoms. The molecule has 8 heteroatoms. The Morgan fingerprint density at radius 2 is 1.88 bits per heavy atom. The molecule has 2 fully saturated rings. The second kappa shape index (κ2) is 6.90. The summed E-state index contributed by atoms with van der Waals surface area (Å²) in [5, 5.41) is 18.1. The van der Waals surface area contributed by atoms with Crippen LogP contribution in [-0.2, 0) is 11.2 Å². The Hall–Kier alpha value is -2.09. The highest BCUT2D eigenvalue weighted by atomic mass is 32.1. The van der Waals surface area contributed by atoms with E-state index >= 15 is 0 Å². The third-order valence-electron chi connectivity index (χ3n) is 5.23. The van der Waals surface area contributed by atoms with E-state index in [0.717, 1.165) is 49.0 Å². The second-order valence-corrected chi connectivity index (χ2v) is 8.51. The second-order valence-electron chi connectivity index (χ2n) is 7.46. The maximum atomic E-state index is 12.8. The average Bonchev–Trinajstić information content (AvgIpc) is 3.49. The van der Waals surface area contributed by atoms with Crippen LogP contribution in [0.4, 0.5) is 9.80 Å². The number of carboxylic acid groups (broad SMARTS) is 1. The van der Waals surface area contributed by atoms with Gasteiger partial charge in [0.2, 0.25) is 5.91 Å². The summed E-state index contributed by atoms with van der Waals surface area (Å²) in [5.74, 6) is 0.419. The van der Waals surface area contributed by atoms with Gasteiger partial charge in [0.25, 0.3) is 5.91 Å². The molecule has 3 aliphatic rings. The van der Waals surface area contributed by atoms with Gasteiger partial charge in [-0.3, -0.25) is 9.59 Å². The van der Waals surface area contributed by atoms with Crippen molar-refractivity contribution in [2.75, 3.05) is 11.9 Å². The molecule has 3 amide bonds. The van der Waals surface area contributed by atoms with Crippen LogP contribution in [0.5, 0.6) is 0 Å². The van der Waals surface area contributed by atoms with E-state index in [2.05, 4.69) is 16.0 Å². The monoisotopic (exact) mass is 377 g/mol. The summed E-state index contributed by atoms with van der Waals surface area (Å²) in [6, 6.07) is -0.317. The summed E-state index contributed by atoms with van der Waals surface area (Å²) >= 11 is 1.35. The van der Waals surface area contributed by atoms with Crippen molar-refractivity contribution in [2.45, 2.75) is 51.0 Å². The average molecular weight is 377 g/mol. The van der Waals surface area contributed by atoms with Gasteiger partial charge in [-0.2, -0.15) is 0 Å². The smallest absolute Gasteiger partial charge is 0.405 e. The van der Waals surface area contributed by atoms with Gasteiger partial charge in [-0.15, -0.1) is 11.3 Å². The maximum absolute atomic E-state index is 12.8. The van der Waals surface area contributed by atoms with E-state index in [-0.39, 0.29) is 23.8 Å². The Balaban J connectivity index is 1.63. The molecular formula is C18H23N3O4S. The number of amides is 3. The number of hydrogen-bond donors (Lipinski definition) is 4. The number of anilines is 1. The maximum Gasteiger partial charge on any atom is 0.405 e. The predicted molar refractivity (Wildman–Crippen MR) is 97.6 cm³/mol. The third kappa shape index (κ3) is 3.70. The van der Waals surface area contributed by atoms with Gasteiger partial charge in [-0.05, 0) is 56.4 Å². The molecule has 1 aromatic heterocycles. The fourth-order valence-electron chi connectivity index (χ4n) is 3.45. The van der Waals surface area contributed by atoms with Gasteiger partial charge in [0.05, 0.1) is 11.6 Å². The van der Waals surface area contributed by atoms with E-state index < -0.39 is 6.09 Å². The lowest BCUT2D eigenvalue weighted by Gasteiger charge is -2.22. The van der Waals surface area contributed by atoms with E-state index in [0.29, 0.717) is 29.4 Å². The molecule has 140 valence electrons. The number of nitrogens with one attached hydrogen (secondary N) is 3. The lowest BCUT2D eigenvalue weighted by atomic mass is 9.91. The number of carbonyl (C=O) groups is 3. The number of thiophene rings is 1. The molecule has 3 aliphatic carbocycles. The largest absolute Gasteiger partial charge is 0.465 e. The topological polar surface area (TPSA) is 108 Å². The molecule has 1 heterocycles. The molecule has 0 aliphatic heterocycles. The first-order valence-electron chi connectivity index (χ1n) is 9.27. The van der Waals surface area contributed by atoms with Crippen molar-refractivity contribution >= 4 is 34.2 Å². The number of carbonyl (C=O) groups excluding carboxylic acids is 2. The van der Waals surface area contributed by atoms with Gasteiger partial charge in [0.15, 0.2) is 0 Å². The Morgan fingerprint density at radius 3 is 2.54 bits per heavy atom. The summed E-state index contributed by atoms with van der Waals surface area (Å²) in [5.41, 5.74) is 1.43. The molecule has 0 aromatic carbocycles. The van der Waals surface area contributed by atoms with Crippen molar-refractivity contribution in [3.8, 4) is 0 Å². The van der Waals surface area contributed by atoms with E-state index in [4.69, 9.17) is 5.11 Å². The SMILES string of the molecule is O=C(O)NC1CCCc2c1sc(NC(=O)C1CC1)c2C(=O)NCC1CC1. The van der Waals surface area contributed by atoms with E-state index in [1.165, 1.54) is 11.3 Å². The Morgan fingerprint density at radius 1 is 1.12 bits per heavy atom. The quantitative estimate of drug-likeness (QED) is 0.611. The zero-order valence-corrected chi connectivity index (χ0v) is 15.3. The highest BCUT2D eigenvalue weighted by Gasteiger charge is 2.35. The van der Waals surface area contributed by atoms with Gasteiger partial charge in [0.1, 0.15) is 5.00 Å². The van der Waals surface area contributed by atoms with Crippen molar-refractivity contribution in [3.05, 3.63) is 16.0 Å². The third-order valence-corrected chi connectivity index (χ3v) is 6.49.